The van der Waals surface area contributed by atoms with E-state index in [0.29, 0.717) is 18.5 Å². The van der Waals surface area contributed by atoms with Crippen molar-refractivity contribution in [1.82, 2.24) is 5.32 Å². The Kier molecular flexibility index (Phi) is 6.16. The summed E-state index contributed by atoms with van der Waals surface area (Å²) in [5, 5.41) is 12.6. The van der Waals surface area contributed by atoms with Crippen molar-refractivity contribution in [3.05, 3.63) is 56.2 Å². The third-order valence-electron chi connectivity index (χ3n) is 5.74. The van der Waals surface area contributed by atoms with Crippen LogP contribution in [-0.4, -0.2) is 35.9 Å². The molecule has 1 amide bonds. The Bertz CT molecular complexity index is 1060. The maximum Gasteiger partial charge on any atom is 0.342 e. The van der Waals surface area contributed by atoms with Crippen molar-refractivity contribution in [2.24, 2.45) is 0 Å². The third-order valence-corrected chi connectivity index (χ3v) is 6.41. The van der Waals surface area contributed by atoms with Crippen LogP contribution < -0.4 is 10.2 Å². The van der Waals surface area contributed by atoms with Crippen LogP contribution in [0.4, 0.5) is 20.2 Å². The average Bonchev–Trinajstić information content (AvgIpc) is 2.73. The topological polar surface area (TPSA) is 78.9 Å². The van der Waals surface area contributed by atoms with Gasteiger partial charge in [0.25, 0.3) is 5.91 Å². The van der Waals surface area contributed by atoms with Crippen LogP contribution in [0, 0.1) is 22.1 Å². The van der Waals surface area contributed by atoms with Crippen LogP contribution in [0.15, 0.2) is 24.3 Å². The molecule has 0 aromatic heterocycles. The van der Waals surface area contributed by atoms with Gasteiger partial charge in [0.2, 0.25) is 0 Å². The first-order valence-corrected chi connectivity index (χ1v) is 11.1. The van der Waals surface area contributed by atoms with Gasteiger partial charge in [-0.1, -0.05) is 12.8 Å². The summed E-state index contributed by atoms with van der Waals surface area (Å²) in [5.41, 5.74) is 0.288. The van der Waals surface area contributed by atoms with E-state index >= 15 is 4.39 Å². The van der Waals surface area contributed by atoms with Crippen LogP contribution in [0.25, 0.3) is 0 Å². The standard InChI is InChI=1S/C22H21F2IN2O4/c1-11-8-12(25)6-7-16(11)27-10-31-22(30)14-9-13(18(23)19(24)20(14)27)21(29)26-15-4-2-3-5-17(15)28/h6-9,15,17,28H,2-5,10H2,1H3,(H,26,29)/t15?,17-/m0/s1. The highest BCUT2D eigenvalue weighted by molar-refractivity contribution is 14.1. The van der Waals surface area contributed by atoms with Gasteiger partial charge in [0, 0.05) is 9.26 Å². The van der Waals surface area contributed by atoms with Crippen molar-refractivity contribution in [2.45, 2.75) is 44.8 Å². The van der Waals surface area contributed by atoms with Gasteiger partial charge in [-0.3, -0.25) is 4.79 Å². The molecule has 2 aliphatic rings. The number of carbonyl (C=O) groups excluding carboxylic acids is 2. The molecule has 2 atom stereocenters. The van der Waals surface area contributed by atoms with Crippen LogP contribution in [0.1, 0.15) is 52.0 Å². The minimum absolute atomic E-state index is 0.225. The number of hydrogen-bond acceptors (Lipinski definition) is 5. The van der Waals surface area contributed by atoms with E-state index in [1.807, 2.05) is 19.1 Å². The van der Waals surface area contributed by atoms with Crippen molar-refractivity contribution in [2.75, 3.05) is 11.6 Å². The highest BCUT2D eigenvalue weighted by Crippen LogP contribution is 2.38. The van der Waals surface area contributed by atoms with Crippen LogP contribution in [-0.2, 0) is 4.74 Å². The molecule has 2 N–H and O–H groups in total. The lowest BCUT2D eigenvalue weighted by Gasteiger charge is -2.32. The number of cyclic esters (lactones) is 1. The first-order chi connectivity index (χ1) is 14.8. The van der Waals surface area contributed by atoms with Gasteiger partial charge >= 0.3 is 5.97 Å². The SMILES string of the molecule is Cc1cc(I)ccc1N1COC(=O)c2cc(C(=O)NC3CCCC[C@@H]3O)c(F)c(F)c21. The van der Waals surface area contributed by atoms with Gasteiger partial charge in [-0.05, 0) is 72.2 Å². The normalized spacial score (nSPS) is 20.8. The van der Waals surface area contributed by atoms with E-state index in [2.05, 4.69) is 27.9 Å². The fourth-order valence-electron chi connectivity index (χ4n) is 4.10. The van der Waals surface area contributed by atoms with Crippen molar-refractivity contribution < 1.29 is 28.2 Å². The number of benzene rings is 2. The predicted octanol–water partition coefficient (Wildman–Crippen LogP) is 4.18. The summed E-state index contributed by atoms with van der Waals surface area (Å²) in [7, 11) is 0. The zero-order valence-electron chi connectivity index (χ0n) is 16.8. The van der Waals surface area contributed by atoms with Gasteiger partial charge in [-0.25, -0.2) is 13.6 Å². The molecule has 31 heavy (non-hydrogen) atoms. The Morgan fingerprint density at radius 3 is 2.68 bits per heavy atom. The zero-order chi connectivity index (χ0) is 22.3. The zero-order valence-corrected chi connectivity index (χ0v) is 18.9. The molecule has 0 spiro atoms. The number of halogens is 3. The van der Waals surface area contributed by atoms with E-state index in [4.69, 9.17) is 4.74 Å². The van der Waals surface area contributed by atoms with E-state index in [9.17, 15) is 19.1 Å². The van der Waals surface area contributed by atoms with Crippen LogP contribution in [0.5, 0.6) is 0 Å². The van der Waals surface area contributed by atoms with E-state index < -0.39 is 41.2 Å². The van der Waals surface area contributed by atoms with Gasteiger partial charge in [0.15, 0.2) is 18.4 Å². The van der Waals surface area contributed by atoms with Gasteiger partial charge in [-0.15, -0.1) is 0 Å². The summed E-state index contributed by atoms with van der Waals surface area (Å²) >= 11 is 2.14. The first-order valence-electron chi connectivity index (χ1n) is 9.99. The highest BCUT2D eigenvalue weighted by atomic mass is 127. The number of ether oxygens (including phenoxy) is 1. The number of nitrogens with zero attached hydrogens (tertiary/aromatic N) is 1. The largest absolute Gasteiger partial charge is 0.440 e. The van der Waals surface area contributed by atoms with E-state index in [0.717, 1.165) is 28.0 Å². The predicted molar refractivity (Wildman–Crippen MR) is 118 cm³/mol. The molecular weight excluding hydrogens is 521 g/mol. The van der Waals surface area contributed by atoms with E-state index in [1.54, 1.807) is 6.07 Å². The Morgan fingerprint density at radius 2 is 1.97 bits per heavy atom. The Hall–Kier alpha value is -2.27. The Labute approximate surface area is 191 Å². The number of amides is 1. The number of aryl methyl sites for hydroxylation is 1. The second kappa shape index (κ2) is 8.70. The molecule has 0 bridgehead atoms. The number of hydrogen-bond donors (Lipinski definition) is 2. The minimum Gasteiger partial charge on any atom is -0.440 e. The summed E-state index contributed by atoms with van der Waals surface area (Å²) in [5.74, 6) is -4.34. The van der Waals surface area contributed by atoms with Crippen LogP contribution in [0.2, 0.25) is 0 Å². The van der Waals surface area contributed by atoms with Gasteiger partial charge in [0.1, 0.15) is 0 Å². The molecule has 1 unspecified atom stereocenters. The Morgan fingerprint density at radius 1 is 1.23 bits per heavy atom. The minimum atomic E-state index is -1.34. The molecule has 0 radical (unpaired) electrons. The van der Waals surface area contributed by atoms with Crippen molar-refractivity contribution in [3.8, 4) is 0 Å². The highest BCUT2D eigenvalue weighted by Gasteiger charge is 2.35. The number of aliphatic hydroxyl groups is 1. The summed E-state index contributed by atoms with van der Waals surface area (Å²) in [4.78, 5) is 26.4. The van der Waals surface area contributed by atoms with Gasteiger partial charge < -0.3 is 20.1 Å². The lowest BCUT2D eigenvalue weighted by Crippen LogP contribution is -2.45. The second-order valence-corrected chi connectivity index (χ2v) is 9.05. The second-order valence-electron chi connectivity index (χ2n) is 7.80. The maximum absolute atomic E-state index is 15.2. The molecule has 2 aromatic carbocycles. The first kappa shape index (κ1) is 21.9. The number of carbonyl (C=O) groups is 2. The fourth-order valence-corrected chi connectivity index (χ4v) is 4.75. The van der Waals surface area contributed by atoms with Crippen LogP contribution >= 0.6 is 22.6 Å². The quantitative estimate of drug-likeness (QED) is 0.450. The summed E-state index contributed by atoms with van der Waals surface area (Å²) in [6.07, 6.45) is 1.99. The Balaban J connectivity index is 1.74. The summed E-state index contributed by atoms with van der Waals surface area (Å²) in [6.45, 7) is 1.54. The molecule has 0 saturated heterocycles. The molecule has 2 aromatic rings. The number of anilines is 2. The average molecular weight is 542 g/mol. The molecule has 9 heteroatoms. The van der Waals surface area contributed by atoms with Crippen LogP contribution in [0.3, 0.4) is 0 Å². The number of aliphatic hydroxyl groups excluding tert-OH is 1. The van der Waals surface area contributed by atoms with Gasteiger partial charge in [0.05, 0.1) is 29.0 Å². The maximum atomic E-state index is 15.2. The lowest BCUT2D eigenvalue weighted by molar-refractivity contribution is 0.0491. The molecule has 6 nitrogen and oxygen atoms in total. The monoisotopic (exact) mass is 542 g/mol. The number of nitrogens with one attached hydrogen (secondary N) is 1. The third kappa shape index (κ3) is 4.12. The van der Waals surface area contributed by atoms with Crippen molar-refractivity contribution in [1.29, 1.82) is 0 Å². The molecule has 1 saturated carbocycles. The summed E-state index contributed by atoms with van der Waals surface area (Å²) < 4.78 is 36.4. The molecule has 1 fully saturated rings. The number of esters is 1. The smallest absolute Gasteiger partial charge is 0.342 e. The summed E-state index contributed by atoms with van der Waals surface area (Å²) in [6, 6.07) is 5.90. The van der Waals surface area contributed by atoms with Crippen molar-refractivity contribution >= 4 is 45.8 Å². The number of fused-ring (bicyclic) bond motifs is 1. The molecule has 4 rings (SSSR count). The van der Waals surface area contributed by atoms with E-state index in [1.165, 1.54) is 4.90 Å². The molecule has 1 heterocycles. The van der Waals surface area contributed by atoms with E-state index in [-0.39, 0.29) is 18.0 Å². The van der Waals surface area contributed by atoms with Crippen molar-refractivity contribution in [3.63, 3.8) is 0 Å². The molecular formula is C22H21F2IN2O4. The molecule has 1 aliphatic heterocycles. The van der Waals surface area contributed by atoms with Gasteiger partial charge in [-0.2, -0.15) is 0 Å². The molecule has 164 valence electrons. The fraction of sp³-hybridized carbons (Fsp3) is 0.364. The lowest BCUT2D eigenvalue weighted by atomic mass is 9.92. The molecule has 1 aliphatic carbocycles. The number of rotatable bonds is 3.